The van der Waals surface area contributed by atoms with Crippen LogP contribution in [-0.2, 0) is 0 Å². The SMILES string of the molecule is O=C(CC1CCCCCN1)c1ccc(Br)cc1F. The summed E-state index contributed by atoms with van der Waals surface area (Å²) < 4.78 is 14.3. The van der Waals surface area contributed by atoms with Gasteiger partial charge in [0.05, 0.1) is 5.56 Å². The summed E-state index contributed by atoms with van der Waals surface area (Å²) in [7, 11) is 0. The summed E-state index contributed by atoms with van der Waals surface area (Å²) in [6.45, 7) is 0.959. The number of hydrogen-bond donors (Lipinski definition) is 1. The molecule has 1 unspecified atom stereocenters. The van der Waals surface area contributed by atoms with Gasteiger partial charge in [-0.15, -0.1) is 0 Å². The summed E-state index contributed by atoms with van der Waals surface area (Å²) in [5, 5.41) is 3.36. The number of ketones is 1. The molecular weight excluding hydrogens is 297 g/mol. The topological polar surface area (TPSA) is 29.1 Å². The molecule has 1 saturated heterocycles. The van der Waals surface area contributed by atoms with Crippen molar-refractivity contribution in [1.82, 2.24) is 5.32 Å². The van der Waals surface area contributed by atoms with Gasteiger partial charge in [0.15, 0.2) is 5.78 Å². The molecule has 1 aromatic carbocycles. The second kappa shape index (κ2) is 6.43. The molecule has 18 heavy (non-hydrogen) atoms. The fraction of sp³-hybridized carbons (Fsp3) is 0.500. The fourth-order valence-corrected chi connectivity index (χ4v) is 2.66. The molecule has 1 atom stereocenters. The number of nitrogens with one attached hydrogen (secondary N) is 1. The molecule has 0 spiro atoms. The molecule has 1 heterocycles. The van der Waals surface area contributed by atoms with Gasteiger partial charge < -0.3 is 5.32 Å². The number of Topliss-reactive ketones (excluding diaryl/α,β-unsaturated/α-hetero) is 1. The van der Waals surface area contributed by atoms with Crippen LogP contribution in [0.15, 0.2) is 22.7 Å². The molecular formula is C14H17BrFNO. The number of benzene rings is 1. The maximum Gasteiger partial charge on any atom is 0.167 e. The molecule has 0 aromatic heterocycles. The standard InChI is InChI=1S/C14H17BrFNO/c15-10-5-6-12(13(16)8-10)14(18)9-11-4-2-1-3-7-17-11/h5-6,8,11,17H,1-4,7,9H2. The molecule has 1 aliphatic rings. The Hall–Kier alpha value is -0.740. The number of hydrogen-bond acceptors (Lipinski definition) is 2. The Kier molecular flexibility index (Phi) is 4.89. The van der Waals surface area contributed by atoms with Gasteiger partial charge in [-0.3, -0.25) is 4.79 Å². The van der Waals surface area contributed by atoms with Crippen LogP contribution in [0.5, 0.6) is 0 Å². The zero-order chi connectivity index (χ0) is 13.0. The molecule has 4 heteroatoms. The zero-order valence-corrected chi connectivity index (χ0v) is 11.8. The van der Waals surface area contributed by atoms with E-state index in [-0.39, 0.29) is 17.4 Å². The molecule has 0 bridgehead atoms. The molecule has 0 amide bonds. The van der Waals surface area contributed by atoms with E-state index in [0.717, 1.165) is 25.8 Å². The van der Waals surface area contributed by atoms with Crippen molar-refractivity contribution >= 4 is 21.7 Å². The van der Waals surface area contributed by atoms with Crippen LogP contribution < -0.4 is 5.32 Å². The third-order valence-corrected chi connectivity index (χ3v) is 3.82. The van der Waals surface area contributed by atoms with E-state index < -0.39 is 5.82 Å². The molecule has 2 rings (SSSR count). The van der Waals surface area contributed by atoms with E-state index in [4.69, 9.17) is 0 Å². The monoisotopic (exact) mass is 313 g/mol. The van der Waals surface area contributed by atoms with E-state index >= 15 is 0 Å². The average molecular weight is 314 g/mol. The lowest BCUT2D eigenvalue weighted by Gasteiger charge is -2.14. The lowest BCUT2D eigenvalue weighted by atomic mass is 10.0. The van der Waals surface area contributed by atoms with E-state index in [1.165, 1.54) is 12.5 Å². The maximum atomic E-state index is 13.7. The van der Waals surface area contributed by atoms with Crippen molar-refractivity contribution in [2.24, 2.45) is 0 Å². The lowest BCUT2D eigenvalue weighted by molar-refractivity contribution is 0.0964. The first kappa shape index (κ1) is 13.7. The maximum absolute atomic E-state index is 13.7. The Morgan fingerprint density at radius 3 is 3.00 bits per heavy atom. The fourth-order valence-electron chi connectivity index (χ4n) is 2.32. The van der Waals surface area contributed by atoms with Crippen molar-refractivity contribution in [3.05, 3.63) is 34.1 Å². The second-order valence-corrected chi connectivity index (χ2v) is 5.67. The van der Waals surface area contributed by atoms with Crippen molar-refractivity contribution < 1.29 is 9.18 Å². The highest BCUT2D eigenvalue weighted by Crippen LogP contribution is 2.19. The van der Waals surface area contributed by atoms with Gasteiger partial charge in [0.2, 0.25) is 0 Å². The number of carbonyl (C=O) groups is 1. The highest BCUT2D eigenvalue weighted by Gasteiger charge is 2.18. The van der Waals surface area contributed by atoms with E-state index in [2.05, 4.69) is 21.2 Å². The minimum absolute atomic E-state index is 0.112. The average Bonchev–Trinajstić information content (AvgIpc) is 2.57. The quantitative estimate of drug-likeness (QED) is 0.862. The molecule has 0 saturated carbocycles. The molecule has 1 aromatic rings. The first-order chi connectivity index (χ1) is 8.66. The highest BCUT2D eigenvalue weighted by atomic mass is 79.9. The minimum Gasteiger partial charge on any atom is -0.314 e. The molecule has 2 nitrogen and oxygen atoms in total. The van der Waals surface area contributed by atoms with E-state index in [1.807, 2.05) is 0 Å². The van der Waals surface area contributed by atoms with Crippen molar-refractivity contribution in [2.75, 3.05) is 6.54 Å². The summed E-state index contributed by atoms with van der Waals surface area (Å²) in [4.78, 5) is 12.1. The largest absolute Gasteiger partial charge is 0.314 e. The molecule has 0 radical (unpaired) electrons. The predicted molar refractivity (Wildman–Crippen MR) is 73.3 cm³/mol. The van der Waals surface area contributed by atoms with Crippen LogP contribution >= 0.6 is 15.9 Å². The smallest absolute Gasteiger partial charge is 0.167 e. The van der Waals surface area contributed by atoms with E-state index in [1.54, 1.807) is 12.1 Å². The Balaban J connectivity index is 2.02. The van der Waals surface area contributed by atoms with Gasteiger partial charge in [-0.2, -0.15) is 0 Å². The van der Waals surface area contributed by atoms with Gasteiger partial charge in [0.1, 0.15) is 5.82 Å². The van der Waals surface area contributed by atoms with Gasteiger partial charge in [-0.1, -0.05) is 28.8 Å². The van der Waals surface area contributed by atoms with Gasteiger partial charge in [-0.05, 0) is 37.6 Å². The Morgan fingerprint density at radius 2 is 2.22 bits per heavy atom. The molecule has 1 fully saturated rings. The minimum atomic E-state index is -0.442. The summed E-state index contributed by atoms with van der Waals surface area (Å²) >= 11 is 3.19. The Morgan fingerprint density at radius 1 is 1.39 bits per heavy atom. The van der Waals surface area contributed by atoms with Gasteiger partial charge >= 0.3 is 0 Å². The van der Waals surface area contributed by atoms with Crippen molar-refractivity contribution in [3.63, 3.8) is 0 Å². The van der Waals surface area contributed by atoms with Crippen LogP contribution in [0, 0.1) is 5.82 Å². The predicted octanol–water partition coefficient (Wildman–Crippen LogP) is 3.69. The summed E-state index contributed by atoms with van der Waals surface area (Å²) in [6.07, 6.45) is 4.91. The van der Waals surface area contributed by atoms with Gasteiger partial charge in [0.25, 0.3) is 0 Å². The number of halogens is 2. The number of rotatable bonds is 3. The Labute approximate surface area is 115 Å². The van der Waals surface area contributed by atoms with Crippen molar-refractivity contribution in [2.45, 2.75) is 38.1 Å². The summed E-state index contributed by atoms with van der Waals surface area (Å²) in [6, 6.07) is 4.80. The second-order valence-electron chi connectivity index (χ2n) is 4.75. The van der Waals surface area contributed by atoms with Crippen molar-refractivity contribution in [1.29, 1.82) is 0 Å². The van der Waals surface area contributed by atoms with Crippen LogP contribution in [0.1, 0.15) is 42.5 Å². The van der Waals surface area contributed by atoms with Crippen LogP contribution in [0.2, 0.25) is 0 Å². The third kappa shape index (κ3) is 3.62. The van der Waals surface area contributed by atoms with Gasteiger partial charge in [-0.25, -0.2) is 4.39 Å². The van der Waals surface area contributed by atoms with Crippen molar-refractivity contribution in [3.8, 4) is 0 Å². The van der Waals surface area contributed by atoms with E-state index in [0.29, 0.717) is 10.9 Å². The summed E-state index contributed by atoms with van der Waals surface area (Å²) in [5.74, 6) is -0.553. The van der Waals surface area contributed by atoms with Gasteiger partial charge in [0, 0.05) is 16.9 Å². The first-order valence-electron chi connectivity index (χ1n) is 6.38. The number of carbonyl (C=O) groups excluding carboxylic acids is 1. The summed E-state index contributed by atoms with van der Waals surface area (Å²) in [5.41, 5.74) is 0.198. The van der Waals surface area contributed by atoms with Crippen LogP contribution in [0.25, 0.3) is 0 Å². The molecule has 1 aliphatic heterocycles. The van der Waals surface area contributed by atoms with Crippen LogP contribution in [-0.4, -0.2) is 18.4 Å². The van der Waals surface area contributed by atoms with Crippen LogP contribution in [0.4, 0.5) is 4.39 Å². The van der Waals surface area contributed by atoms with Crippen LogP contribution in [0.3, 0.4) is 0 Å². The highest BCUT2D eigenvalue weighted by molar-refractivity contribution is 9.10. The first-order valence-corrected chi connectivity index (χ1v) is 7.18. The zero-order valence-electron chi connectivity index (χ0n) is 10.2. The molecule has 0 aliphatic carbocycles. The lowest BCUT2D eigenvalue weighted by Crippen LogP contribution is -2.30. The molecule has 98 valence electrons. The third-order valence-electron chi connectivity index (χ3n) is 3.33. The Bertz CT molecular complexity index is 428. The van der Waals surface area contributed by atoms with E-state index in [9.17, 15) is 9.18 Å². The normalized spacial score (nSPS) is 20.4. The molecule has 1 N–H and O–H groups in total.